The Bertz CT molecular complexity index is 1320. The third-order valence-electron chi connectivity index (χ3n) is 7.41. The van der Waals surface area contributed by atoms with Crippen molar-refractivity contribution in [3.8, 4) is 11.5 Å². The van der Waals surface area contributed by atoms with Crippen LogP contribution < -0.4 is 29.9 Å². The van der Waals surface area contributed by atoms with Crippen LogP contribution >= 0.6 is 0 Å². The molecule has 210 valence electrons. The fourth-order valence-electron chi connectivity index (χ4n) is 5.20. The molecular formula is C31H36N4O5. The first-order valence-corrected chi connectivity index (χ1v) is 13.7. The molecule has 0 spiro atoms. The molecule has 1 atom stereocenters. The van der Waals surface area contributed by atoms with Gasteiger partial charge in [-0.05, 0) is 67.4 Å². The molecule has 5 rings (SSSR count). The van der Waals surface area contributed by atoms with Crippen LogP contribution in [0.2, 0.25) is 0 Å². The summed E-state index contributed by atoms with van der Waals surface area (Å²) in [6, 6.07) is 20.4. The maximum absolute atomic E-state index is 13.5. The first-order valence-electron chi connectivity index (χ1n) is 13.7. The molecule has 0 aromatic heterocycles. The van der Waals surface area contributed by atoms with Crippen LogP contribution in [0, 0.1) is 0 Å². The third kappa shape index (κ3) is 6.31. The van der Waals surface area contributed by atoms with Crippen molar-refractivity contribution >= 4 is 28.9 Å². The van der Waals surface area contributed by atoms with Crippen LogP contribution in [0.15, 0.2) is 66.7 Å². The maximum Gasteiger partial charge on any atom is 0.255 e. The highest BCUT2D eigenvalue weighted by molar-refractivity contribution is 6.06. The first kappa shape index (κ1) is 27.3. The molecule has 2 heterocycles. The molecule has 0 aliphatic carbocycles. The van der Waals surface area contributed by atoms with E-state index in [-0.39, 0.29) is 17.9 Å². The third-order valence-corrected chi connectivity index (χ3v) is 7.41. The van der Waals surface area contributed by atoms with Crippen molar-refractivity contribution in [2.45, 2.75) is 18.9 Å². The summed E-state index contributed by atoms with van der Waals surface area (Å²) in [5, 5.41) is 5.99. The number of methoxy groups -OCH3 is 2. The average Bonchev–Trinajstić information content (AvgIpc) is 3.54. The normalized spacial score (nSPS) is 16.9. The van der Waals surface area contributed by atoms with E-state index in [1.54, 1.807) is 44.6 Å². The van der Waals surface area contributed by atoms with Gasteiger partial charge < -0.3 is 34.6 Å². The molecule has 2 aliphatic heterocycles. The van der Waals surface area contributed by atoms with Crippen LogP contribution in [0.4, 0.5) is 17.1 Å². The Labute approximate surface area is 235 Å². The van der Waals surface area contributed by atoms with E-state index in [9.17, 15) is 9.59 Å². The first-order chi connectivity index (χ1) is 19.6. The Morgan fingerprint density at radius 1 is 0.875 bits per heavy atom. The lowest BCUT2D eigenvalue weighted by atomic mass is 10.1. The van der Waals surface area contributed by atoms with Crippen molar-refractivity contribution in [1.29, 1.82) is 0 Å². The number of nitrogens with one attached hydrogen (secondary N) is 2. The maximum atomic E-state index is 13.5. The molecule has 3 aromatic carbocycles. The monoisotopic (exact) mass is 544 g/mol. The SMILES string of the molecule is COc1ccc(C(=O)Nc2ccc(N3CCN(c4ccccc4OC)CC3)c(C(=O)NCC3CCCO3)c2)cc1. The van der Waals surface area contributed by atoms with Gasteiger partial charge >= 0.3 is 0 Å². The summed E-state index contributed by atoms with van der Waals surface area (Å²) in [4.78, 5) is 30.9. The fourth-order valence-corrected chi connectivity index (χ4v) is 5.20. The van der Waals surface area contributed by atoms with Gasteiger partial charge in [0.1, 0.15) is 11.5 Å². The summed E-state index contributed by atoms with van der Waals surface area (Å²) >= 11 is 0. The molecule has 1 unspecified atom stereocenters. The summed E-state index contributed by atoms with van der Waals surface area (Å²) in [5.74, 6) is 1.09. The van der Waals surface area contributed by atoms with Gasteiger partial charge in [0.15, 0.2) is 0 Å². The van der Waals surface area contributed by atoms with Gasteiger partial charge in [-0.3, -0.25) is 9.59 Å². The van der Waals surface area contributed by atoms with E-state index in [1.165, 1.54) is 0 Å². The number of benzene rings is 3. The minimum absolute atomic E-state index is 0.0368. The van der Waals surface area contributed by atoms with Crippen LogP contribution in [-0.2, 0) is 4.74 Å². The van der Waals surface area contributed by atoms with Crippen molar-refractivity contribution in [3.05, 3.63) is 77.9 Å². The van der Waals surface area contributed by atoms with Gasteiger partial charge in [-0.1, -0.05) is 12.1 Å². The van der Waals surface area contributed by atoms with Gasteiger partial charge in [-0.2, -0.15) is 0 Å². The number of para-hydroxylation sites is 2. The Hall–Kier alpha value is -4.24. The van der Waals surface area contributed by atoms with Crippen molar-refractivity contribution in [2.75, 3.05) is 68.7 Å². The Morgan fingerprint density at radius 2 is 1.60 bits per heavy atom. The number of amides is 2. The average molecular weight is 545 g/mol. The van der Waals surface area contributed by atoms with E-state index >= 15 is 0 Å². The molecule has 9 nitrogen and oxygen atoms in total. The largest absolute Gasteiger partial charge is 0.497 e. The van der Waals surface area contributed by atoms with Gasteiger partial charge in [0.25, 0.3) is 11.8 Å². The number of nitrogens with zero attached hydrogens (tertiary/aromatic N) is 2. The second-order valence-electron chi connectivity index (χ2n) is 9.91. The van der Waals surface area contributed by atoms with Gasteiger partial charge in [0.2, 0.25) is 0 Å². The second kappa shape index (κ2) is 12.7. The zero-order valence-corrected chi connectivity index (χ0v) is 23.0. The van der Waals surface area contributed by atoms with E-state index in [2.05, 4.69) is 26.5 Å². The molecule has 0 saturated carbocycles. The zero-order valence-electron chi connectivity index (χ0n) is 23.0. The van der Waals surface area contributed by atoms with Crippen LogP contribution in [0.25, 0.3) is 0 Å². The highest BCUT2D eigenvalue weighted by Gasteiger charge is 2.25. The molecule has 2 fully saturated rings. The van der Waals surface area contributed by atoms with Crippen LogP contribution in [0.3, 0.4) is 0 Å². The molecule has 2 amide bonds. The predicted molar refractivity (Wildman–Crippen MR) is 156 cm³/mol. The molecule has 0 bridgehead atoms. The summed E-state index contributed by atoms with van der Waals surface area (Å²) in [5.41, 5.74) is 3.49. The summed E-state index contributed by atoms with van der Waals surface area (Å²) in [7, 11) is 3.27. The zero-order chi connectivity index (χ0) is 27.9. The minimum Gasteiger partial charge on any atom is -0.497 e. The number of rotatable bonds is 9. The standard InChI is InChI=1S/C31H36N4O5/c1-38-24-12-9-22(10-13-24)30(36)33-23-11-14-27(26(20-23)31(37)32-21-25-6-5-19-40-25)34-15-17-35(18-16-34)28-7-3-4-8-29(28)39-2/h3-4,7-14,20,25H,5-6,15-19,21H2,1-2H3,(H,32,37)(H,33,36). The highest BCUT2D eigenvalue weighted by atomic mass is 16.5. The topological polar surface area (TPSA) is 92.4 Å². The Kier molecular flexibility index (Phi) is 8.71. The quantitative estimate of drug-likeness (QED) is 0.417. The molecule has 40 heavy (non-hydrogen) atoms. The summed E-state index contributed by atoms with van der Waals surface area (Å²) in [6.07, 6.45) is 1.99. The van der Waals surface area contributed by atoms with E-state index in [0.717, 1.165) is 62.8 Å². The molecule has 2 aliphatic rings. The number of ether oxygens (including phenoxy) is 3. The van der Waals surface area contributed by atoms with E-state index < -0.39 is 0 Å². The lowest BCUT2D eigenvalue weighted by molar-refractivity contribution is 0.0858. The number of carbonyl (C=O) groups is 2. The van der Waals surface area contributed by atoms with Crippen LogP contribution in [-0.4, -0.2) is 71.5 Å². The Morgan fingerprint density at radius 3 is 2.27 bits per heavy atom. The van der Waals surface area contributed by atoms with Crippen molar-refractivity contribution in [1.82, 2.24) is 5.32 Å². The highest BCUT2D eigenvalue weighted by Crippen LogP contribution is 2.31. The molecule has 3 aromatic rings. The van der Waals surface area contributed by atoms with Crippen LogP contribution in [0.1, 0.15) is 33.6 Å². The number of hydrogen-bond acceptors (Lipinski definition) is 7. The molecule has 2 N–H and O–H groups in total. The fraction of sp³-hybridized carbons (Fsp3) is 0.355. The molecule has 9 heteroatoms. The van der Waals surface area contributed by atoms with Gasteiger partial charge in [0, 0.05) is 56.3 Å². The lowest BCUT2D eigenvalue weighted by Crippen LogP contribution is -2.47. The molecule has 2 saturated heterocycles. The van der Waals surface area contributed by atoms with Gasteiger partial charge in [-0.15, -0.1) is 0 Å². The number of carbonyl (C=O) groups excluding carboxylic acids is 2. The second-order valence-corrected chi connectivity index (χ2v) is 9.91. The van der Waals surface area contributed by atoms with Gasteiger partial charge in [-0.25, -0.2) is 0 Å². The minimum atomic E-state index is -0.258. The van der Waals surface area contributed by atoms with E-state index in [1.807, 2.05) is 30.3 Å². The van der Waals surface area contributed by atoms with E-state index in [4.69, 9.17) is 14.2 Å². The number of hydrogen-bond donors (Lipinski definition) is 2. The van der Waals surface area contributed by atoms with Crippen molar-refractivity contribution in [2.24, 2.45) is 0 Å². The van der Waals surface area contributed by atoms with Crippen molar-refractivity contribution in [3.63, 3.8) is 0 Å². The molecule has 0 radical (unpaired) electrons. The van der Waals surface area contributed by atoms with Crippen molar-refractivity contribution < 1.29 is 23.8 Å². The van der Waals surface area contributed by atoms with E-state index in [0.29, 0.717) is 29.1 Å². The molecular weight excluding hydrogens is 508 g/mol. The summed E-state index contributed by atoms with van der Waals surface area (Å²) in [6.45, 7) is 4.24. The number of anilines is 3. The summed E-state index contributed by atoms with van der Waals surface area (Å²) < 4.78 is 16.4. The Balaban J connectivity index is 1.33. The number of piperazine rings is 1. The smallest absolute Gasteiger partial charge is 0.255 e. The lowest BCUT2D eigenvalue weighted by Gasteiger charge is -2.38. The van der Waals surface area contributed by atoms with Gasteiger partial charge in [0.05, 0.1) is 31.6 Å². The predicted octanol–water partition coefficient (Wildman–Crippen LogP) is 4.19. The van der Waals surface area contributed by atoms with Crippen LogP contribution in [0.5, 0.6) is 11.5 Å².